The molecule has 27 heavy (non-hydrogen) atoms. The smallest absolute Gasteiger partial charge is 0.265 e. The highest BCUT2D eigenvalue weighted by Crippen LogP contribution is 2.31. The van der Waals surface area contributed by atoms with Crippen molar-refractivity contribution in [3.05, 3.63) is 75.5 Å². The summed E-state index contributed by atoms with van der Waals surface area (Å²) in [5.74, 6) is -0.506. The Morgan fingerprint density at radius 3 is 2.63 bits per heavy atom. The Labute approximate surface area is 164 Å². The number of hydrogen-bond donors (Lipinski definition) is 1. The van der Waals surface area contributed by atoms with Crippen LogP contribution in [0.2, 0.25) is 5.02 Å². The molecule has 0 radical (unpaired) electrons. The molecule has 0 aliphatic heterocycles. The SMILES string of the molecule is Cc1ccc(Cl)cc1NC(=O)c1cc2c(C)nn(-c3ccc(F)cc3)c2s1. The summed E-state index contributed by atoms with van der Waals surface area (Å²) in [6, 6.07) is 13.3. The summed E-state index contributed by atoms with van der Waals surface area (Å²) in [5, 5.41) is 8.89. The van der Waals surface area contributed by atoms with Gasteiger partial charge in [-0.1, -0.05) is 17.7 Å². The molecule has 2 aromatic carbocycles. The fraction of sp³-hybridized carbons (Fsp3) is 0.100. The normalized spacial score (nSPS) is 11.1. The number of hydrogen-bond acceptors (Lipinski definition) is 3. The minimum absolute atomic E-state index is 0.202. The predicted molar refractivity (Wildman–Crippen MR) is 108 cm³/mol. The number of rotatable bonds is 3. The second-order valence-electron chi connectivity index (χ2n) is 6.22. The fourth-order valence-corrected chi connectivity index (χ4v) is 4.08. The number of carbonyl (C=O) groups is 1. The lowest BCUT2D eigenvalue weighted by molar-refractivity contribution is 0.103. The average Bonchev–Trinajstić information content (AvgIpc) is 3.20. The monoisotopic (exact) mass is 399 g/mol. The second kappa shape index (κ2) is 6.79. The molecule has 0 bridgehead atoms. The maximum absolute atomic E-state index is 13.2. The van der Waals surface area contributed by atoms with E-state index in [0.29, 0.717) is 15.6 Å². The van der Waals surface area contributed by atoms with E-state index in [0.717, 1.165) is 27.2 Å². The van der Waals surface area contributed by atoms with E-state index >= 15 is 0 Å². The molecule has 2 aromatic heterocycles. The van der Waals surface area contributed by atoms with Crippen molar-refractivity contribution in [1.82, 2.24) is 9.78 Å². The highest BCUT2D eigenvalue weighted by molar-refractivity contribution is 7.20. The van der Waals surface area contributed by atoms with E-state index in [1.54, 1.807) is 28.9 Å². The molecule has 7 heteroatoms. The van der Waals surface area contributed by atoms with Crippen LogP contribution in [0.5, 0.6) is 0 Å². The third-order valence-corrected chi connectivity index (χ3v) is 5.63. The first-order valence-corrected chi connectivity index (χ1v) is 9.44. The number of halogens is 2. The molecule has 0 saturated heterocycles. The highest BCUT2D eigenvalue weighted by atomic mass is 35.5. The Bertz CT molecular complexity index is 1160. The van der Waals surface area contributed by atoms with Gasteiger partial charge < -0.3 is 5.32 Å². The molecular formula is C20H15ClFN3OS. The number of aromatic nitrogens is 2. The molecular weight excluding hydrogens is 385 g/mol. The van der Waals surface area contributed by atoms with Crippen molar-refractivity contribution in [1.29, 1.82) is 0 Å². The summed E-state index contributed by atoms with van der Waals surface area (Å²) >= 11 is 7.37. The number of amides is 1. The molecule has 1 N–H and O–H groups in total. The van der Waals surface area contributed by atoms with Crippen molar-refractivity contribution in [2.24, 2.45) is 0 Å². The summed E-state index contributed by atoms with van der Waals surface area (Å²) in [6.07, 6.45) is 0. The highest BCUT2D eigenvalue weighted by Gasteiger charge is 2.18. The van der Waals surface area contributed by atoms with Gasteiger partial charge in [0.05, 0.1) is 16.3 Å². The molecule has 0 spiro atoms. The Kier molecular flexibility index (Phi) is 4.45. The molecule has 0 fully saturated rings. The first-order valence-electron chi connectivity index (χ1n) is 8.25. The first kappa shape index (κ1) is 17.7. The van der Waals surface area contributed by atoms with E-state index in [1.165, 1.54) is 23.5 Å². The van der Waals surface area contributed by atoms with Crippen LogP contribution in [0.15, 0.2) is 48.5 Å². The van der Waals surface area contributed by atoms with Crippen LogP contribution >= 0.6 is 22.9 Å². The fourth-order valence-electron chi connectivity index (χ4n) is 2.83. The Hall–Kier alpha value is -2.70. The largest absolute Gasteiger partial charge is 0.321 e. The number of anilines is 1. The number of fused-ring (bicyclic) bond motifs is 1. The maximum Gasteiger partial charge on any atom is 0.265 e. The number of nitrogens with zero attached hydrogens (tertiary/aromatic N) is 2. The predicted octanol–water partition coefficient (Wildman–Crippen LogP) is 5.75. The Balaban J connectivity index is 1.71. The second-order valence-corrected chi connectivity index (χ2v) is 7.68. The minimum atomic E-state index is -0.304. The van der Waals surface area contributed by atoms with Gasteiger partial charge in [0.2, 0.25) is 0 Å². The van der Waals surface area contributed by atoms with Crippen LogP contribution < -0.4 is 5.32 Å². The van der Waals surface area contributed by atoms with Gasteiger partial charge in [0, 0.05) is 16.1 Å². The zero-order valence-electron chi connectivity index (χ0n) is 14.6. The lowest BCUT2D eigenvalue weighted by Crippen LogP contribution is -2.11. The molecule has 0 saturated carbocycles. The molecule has 4 rings (SSSR count). The van der Waals surface area contributed by atoms with Gasteiger partial charge in [-0.05, 0) is 61.9 Å². The summed E-state index contributed by atoms with van der Waals surface area (Å²) in [5.41, 5.74) is 3.17. The molecule has 4 nitrogen and oxygen atoms in total. The van der Waals surface area contributed by atoms with Gasteiger partial charge in [0.1, 0.15) is 10.6 Å². The Morgan fingerprint density at radius 1 is 1.15 bits per heavy atom. The number of aryl methyl sites for hydroxylation is 2. The van der Waals surface area contributed by atoms with Crippen LogP contribution in [0, 0.1) is 19.7 Å². The van der Waals surface area contributed by atoms with Gasteiger partial charge in [-0.15, -0.1) is 11.3 Å². The first-order chi connectivity index (χ1) is 12.9. The van der Waals surface area contributed by atoms with E-state index in [-0.39, 0.29) is 11.7 Å². The van der Waals surface area contributed by atoms with E-state index in [2.05, 4.69) is 10.4 Å². The van der Waals surface area contributed by atoms with Gasteiger partial charge in [-0.3, -0.25) is 4.79 Å². The molecule has 0 aliphatic carbocycles. The lowest BCUT2D eigenvalue weighted by Gasteiger charge is -2.07. The van der Waals surface area contributed by atoms with Gasteiger partial charge in [-0.25, -0.2) is 9.07 Å². The average molecular weight is 400 g/mol. The van der Waals surface area contributed by atoms with Crippen molar-refractivity contribution in [3.8, 4) is 5.69 Å². The zero-order valence-corrected chi connectivity index (χ0v) is 16.2. The quantitative estimate of drug-likeness (QED) is 0.477. The summed E-state index contributed by atoms with van der Waals surface area (Å²) in [4.78, 5) is 14.1. The van der Waals surface area contributed by atoms with Gasteiger partial charge in [-0.2, -0.15) is 5.10 Å². The van der Waals surface area contributed by atoms with E-state index in [9.17, 15) is 9.18 Å². The molecule has 0 unspecified atom stereocenters. The van der Waals surface area contributed by atoms with Crippen LogP contribution in [-0.4, -0.2) is 15.7 Å². The summed E-state index contributed by atoms with van der Waals surface area (Å²) in [6.45, 7) is 3.80. The molecule has 1 amide bonds. The lowest BCUT2D eigenvalue weighted by atomic mass is 10.2. The van der Waals surface area contributed by atoms with Crippen LogP contribution in [0.25, 0.3) is 15.9 Å². The standard InChI is InChI=1S/C20H15ClFN3OS/c1-11-3-4-13(21)9-17(11)23-19(26)18-10-16-12(2)24-25(20(16)27-18)15-7-5-14(22)6-8-15/h3-10H,1-2H3,(H,23,26). The van der Waals surface area contributed by atoms with Crippen LogP contribution in [0.1, 0.15) is 20.9 Å². The number of carbonyl (C=O) groups excluding carboxylic acids is 1. The van der Waals surface area contributed by atoms with E-state index < -0.39 is 0 Å². The molecule has 136 valence electrons. The number of benzene rings is 2. The van der Waals surface area contributed by atoms with Crippen molar-refractivity contribution in [2.75, 3.05) is 5.32 Å². The number of thiophene rings is 1. The van der Waals surface area contributed by atoms with Gasteiger partial charge >= 0.3 is 0 Å². The third-order valence-electron chi connectivity index (χ3n) is 4.29. The Morgan fingerprint density at radius 2 is 1.89 bits per heavy atom. The number of nitrogens with one attached hydrogen (secondary N) is 1. The topological polar surface area (TPSA) is 46.9 Å². The summed E-state index contributed by atoms with van der Waals surface area (Å²) in [7, 11) is 0. The molecule has 2 heterocycles. The van der Waals surface area contributed by atoms with Gasteiger partial charge in [0.25, 0.3) is 5.91 Å². The van der Waals surface area contributed by atoms with E-state index in [4.69, 9.17) is 11.6 Å². The molecule has 4 aromatic rings. The maximum atomic E-state index is 13.2. The van der Waals surface area contributed by atoms with Crippen molar-refractivity contribution in [3.63, 3.8) is 0 Å². The van der Waals surface area contributed by atoms with Crippen molar-refractivity contribution in [2.45, 2.75) is 13.8 Å². The zero-order chi connectivity index (χ0) is 19.1. The molecule has 0 atom stereocenters. The van der Waals surface area contributed by atoms with Crippen LogP contribution in [0.4, 0.5) is 10.1 Å². The van der Waals surface area contributed by atoms with Gasteiger partial charge in [0.15, 0.2) is 0 Å². The van der Waals surface area contributed by atoms with Crippen LogP contribution in [-0.2, 0) is 0 Å². The molecule has 0 aliphatic rings. The van der Waals surface area contributed by atoms with Crippen molar-refractivity contribution < 1.29 is 9.18 Å². The van der Waals surface area contributed by atoms with Crippen LogP contribution in [0.3, 0.4) is 0 Å². The third kappa shape index (κ3) is 3.34. The van der Waals surface area contributed by atoms with E-state index in [1.807, 2.05) is 26.0 Å². The van der Waals surface area contributed by atoms with Crippen molar-refractivity contribution >= 4 is 44.7 Å². The minimum Gasteiger partial charge on any atom is -0.321 e. The summed E-state index contributed by atoms with van der Waals surface area (Å²) < 4.78 is 14.9.